The standard InChI is InChI=1S/C17H20N2OS/c1-20-15-8-4-5-9-16(15)21-17-13(11-18)10-12-6-2-3-7-14(12)19-17/h4-5,8-10H,2-3,6-7,11,18H2,1H3. The Kier molecular flexibility index (Phi) is 4.46. The van der Waals surface area contributed by atoms with Gasteiger partial charge in [0, 0.05) is 12.2 Å². The second kappa shape index (κ2) is 6.50. The van der Waals surface area contributed by atoms with Gasteiger partial charge in [-0.2, -0.15) is 0 Å². The van der Waals surface area contributed by atoms with Gasteiger partial charge in [0.25, 0.3) is 0 Å². The molecule has 0 aliphatic heterocycles. The van der Waals surface area contributed by atoms with E-state index in [1.165, 1.54) is 24.1 Å². The Hall–Kier alpha value is -1.52. The number of aryl methyl sites for hydroxylation is 2. The van der Waals surface area contributed by atoms with E-state index in [0.717, 1.165) is 34.1 Å². The Balaban J connectivity index is 1.97. The van der Waals surface area contributed by atoms with Crippen LogP contribution >= 0.6 is 11.8 Å². The second-order valence-corrected chi connectivity index (χ2v) is 6.25. The number of nitrogens with two attached hydrogens (primary N) is 1. The molecule has 1 aromatic carbocycles. The fourth-order valence-electron chi connectivity index (χ4n) is 2.70. The third-order valence-electron chi connectivity index (χ3n) is 3.84. The Morgan fingerprint density at radius 3 is 2.86 bits per heavy atom. The van der Waals surface area contributed by atoms with E-state index in [9.17, 15) is 0 Å². The number of pyridine rings is 1. The number of ether oxygens (including phenoxy) is 1. The van der Waals surface area contributed by atoms with Crippen molar-refractivity contribution >= 4 is 11.8 Å². The number of rotatable bonds is 4. The molecule has 0 spiro atoms. The first-order chi connectivity index (χ1) is 10.3. The molecule has 3 nitrogen and oxygen atoms in total. The van der Waals surface area contributed by atoms with Crippen LogP contribution in [0.5, 0.6) is 5.75 Å². The van der Waals surface area contributed by atoms with E-state index in [4.69, 9.17) is 15.5 Å². The monoisotopic (exact) mass is 300 g/mol. The number of aromatic nitrogens is 1. The summed E-state index contributed by atoms with van der Waals surface area (Å²) in [6, 6.07) is 10.3. The van der Waals surface area contributed by atoms with Gasteiger partial charge in [0.05, 0.1) is 12.0 Å². The molecule has 0 atom stereocenters. The lowest BCUT2D eigenvalue weighted by molar-refractivity contribution is 0.405. The maximum absolute atomic E-state index is 5.92. The Morgan fingerprint density at radius 1 is 1.24 bits per heavy atom. The molecule has 0 radical (unpaired) electrons. The SMILES string of the molecule is COc1ccccc1Sc1nc2c(cc1CN)CCCC2. The molecule has 0 unspecified atom stereocenters. The lowest BCUT2D eigenvalue weighted by Gasteiger charge is -2.18. The van der Waals surface area contributed by atoms with Crippen LogP contribution in [0.3, 0.4) is 0 Å². The van der Waals surface area contributed by atoms with Crippen molar-refractivity contribution in [3.63, 3.8) is 0 Å². The molecule has 21 heavy (non-hydrogen) atoms. The lowest BCUT2D eigenvalue weighted by Crippen LogP contribution is -2.10. The number of methoxy groups -OCH3 is 1. The highest BCUT2D eigenvalue weighted by atomic mass is 32.2. The molecule has 2 aromatic rings. The summed E-state index contributed by atoms with van der Waals surface area (Å²) in [4.78, 5) is 5.96. The second-order valence-electron chi connectivity index (χ2n) is 5.22. The number of benzene rings is 1. The summed E-state index contributed by atoms with van der Waals surface area (Å²) < 4.78 is 5.42. The smallest absolute Gasteiger partial charge is 0.132 e. The number of fused-ring (bicyclic) bond motifs is 1. The van der Waals surface area contributed by atoms with Crippen molar-refractivity contribution in [2.24, 2.45) is 5.73 Å². The normalized spacial score (nSPS) is 13.8. The van der Waals surface area contributed by atoms with Crippen molar-refractivity contribution in [1.29, 1.82) is 0 Å². The van der Waals surface area contributed by atoms with E-state index in [-0.39, 0.29) is 0 Å². The molecule has 1 heterocycles. The first-order valence-electron chi connectivity index (χ1n) is 7.34. The Bertz CT molecular complexity index is 643. The summed E-state index contributed by atoms with van der Waals surface area (Å²) >= 11 is 1.65. The van der Waals surface area contributed by atoms with E-state index in [0.29, 0.717) is 6.54 Å². The molecular formula is C17H20N2OS. The first kappa shape index (κ1) is 14.4. The Morgan fingerprint density at radius 2 is 2.05 bits per heavy atom. The van der Waals surface area contributed by atoms with Crippen molar-refractivity contribution in [3.8, 4) is 5.75 Å². The average Bonchev–Trinajstić information content (AvgIpc) is 2.54. The fourth-order valence-corrected chi connectivity index (χ4v) is 3.74. The molecular weight excluding hydrogens is 280 g/mol. The van der Waals surface area contributed by atoms with E-state index < -0.39 is 0 Å². The minimum Gasteiger partial charge on any atom is -0.496 e. The summed E-state index contributed by atoms with van der Waals surface area (Å²) in [5, 5.41) is 1.02. The summed E-state index contributed by atoms with van der Waals surface area (Å²) in [7, 11) is 1.70. The lowest BCUT2D eigenvalue weighted by atomic mass is 9.95. The van der Waals surface area contributed by atoms with Gasteiger partial charge < -0.3 is 10.5 Å². The van der Waals surface area contributed by atoms with Crippen LogP contribution in [0.1, 0.15) is 29.7 Å². The summed E-state index contributed by atoms with van der Waals surface area (Å²) in [5.41, 5.74) is 9.68. The van der Waals surface area contributed by atoms with Crippen molar-refractivity contribution in [1.82, 2.24) is 4.98 Å². The third-order valence-corrected chi connectivity index (χ3v) is 4.94. The van der Waals surface area contributed by atoms with Crippen LogP contribution in [0.4, 0.5) is 0 Å². The number of para-hydroxylation sites is 1. The highest BCUT2D eigenvalue weighted by Crippen LogP contribution is 2.36. The van der Waals surface area contributed by atoms with Crippen LogP contribution in [0.25, 0.3) is 0 Å². The molecule has 1 aliphatic carbocycles. The van der Waals surface area contributed by atoms with Crippen molar-refractivity contribution in [3.05, 3.63) is 47.2 Å². The molecule has 0 amide bonds. The van der Waals surface area contributed by atoms with E-state index in [1.807, 2.05) is 18.2 Å². The van der Waals surface area contributed by atoms with E-state index in [1.54, 1.807) is 18.9 Å². The number of nitrogens with zero attached hydrogens (tertiary/aromatic N) is 1. The minimum atomic E-state index is 0.526. The molecule has 110 valence electrons. The molecule has 4 heteroatoms. The van der Waals surface area contributed by atoms with Gasteiger partial charge in [0.15, 0.2) is 0 Å². The maximum Gasteiger partial charge on any atom is 0.132 e. The first-order valence-corrected chi connectivity index (χ1v) is 8.16. The molecule has 1 aliphatic rings. The third kappa shape index (κ3) is 3.06. The van der Waals surface area contributed by atoms with Gasteiger partial charge in [-0.1, -0.05) is 30.0 Å². The van der Waals surface area contributed by atoms with Gasteiger partial charge in [-0.3, -0.25) is 0 Å². The summed E-state index contributed by atoms with van der Waals surface area (Å²) in [6.45, 7) is 0.526. The van der Waals surface area contributed by atoms with E-state index >= 15 is 0 Å². The average molecular weight is 300 g/mol. The van der Waals surface area contributed by atoms with Gasteiger partial charge in [-0.05, 0) is 48.9 Å². The molecule has 0 fully saturated rings. The van der Waals surface area contributed by atoms with Gasteiger partial charge in [-0.25, -0.2) is 4.98 Å². The van der Waals surface area contributed by atoms with Gasteiger partial charge in [-0.15, -0.1) is 0 Å². The molecule has 3 rings (SSSR count). The zero-order chi connectivity index (χ0) is 14.7. The van der Waals surface area contributed by atoms with Gasteiger partial charge in [0.2, 0.25) is 0 Å². The Labute approximate surface area is 129 Å². The van der Waals surface area contributed by atoms with Crippen molar-refractivity contribution in [2.75, 3.05) is 7.11 Å². The minimum absolute atomic E-state index is 0.526. The zero-order valence-corrected chi connectivity index (χ0v) is 13.1. The number of hydrogen-bond donors (Lipinski definition) is 1. The van der Waals surface area contributed by atoms with Gasteiger partial charge >= 0.3 is 0 Å². The molecule has 0 saturated heterocycles. The van der Waals surface area contributed by atoms with E-state index in [2.05, 4.69) is 12.1 Å². The highest BCUT2D eigenvalue weighted by molar-refractivity contribution is 7.99. The molecule has 0 saturated carbocycles. The molecule has 0 bridgehead atoms. The maximum atomic E-state index is 5.92. The van der Waals surface area contributed by atoms with Crippen LogP contribution in [0.15, 0.2) is 40.3 Å². The van der Waals surface area contributed by atoms with Crippen molar-refractivity contribution in [2.45, 2.75) is 42.1 Å². The molecule has 1 aromatic heterocycles. The predicted molar refractivity (Wildman–Crippen MR) is 85.9 cm³/mol. The van der Waals surface area contributed by atoms with Crippen LogP contribution in [0.2, 0.25) is 0 Å². The van der Waals surface area contributed by atoms with Crippen LogP contribution < -0.4 is 10.5 Å². The van der Waals surface area contributed by atoms with Gasteiger partial charge in [0.1, 0.15) is 10.8 Å². The van der Waals surface area contributed by atoms with Crippen molar-refractivity contribution < 1.29 is 4.74 Å². The summed E-state index contributed by atoms with van der Waals surface area (Å²) in [6.07, 6.45) is 4.72. The fraction of sp³-hybridized carbons (Fsp3) is 0.353. The predicted octanol–water partition coefficient (Wildman–Crippen LogP) is 3.58. The van der Waals surface area contributed by atoms with Crippen LogP contribution in [-0.4, -0.2) is 12.1 Å². The van der Waals surface area contributed by atoms with Crippen LogP contribution in [0, 0.1) is 0 Å². The van der Waals surface area contributed by atoms with Crippen LogP contribution in [-0.2, 0) is 19.4 Å². The number of hydrogen-bond acceptors (Lipinski definition) is 4. The topological polar surface area (TPSA) is 48.1 Å². The largest absolute Gasteiger partial charge is 0.496 e. The quantitative estimate of drug-likeness (QED) is 0.937. The highest BCUT2D eigenvalue weighted by Gasteiger charge is 2.16. The summed E-state index contributed by atoms with van der Waals surface area (Å²) in [5.74, 6) is 0.880. The molecule has 2 N–H and O–H groups in total. The zero-order valence-electron chi connectivity index (χ0n) is 12.3.